The van der Waals surface area contributed by atoms with Crippen molar-refractivity contribution in [2.75, 3.05) is 13.2 Å². The monoisotopic (exact) mass is 296 g/mol. The summed E-state index contributed by atoms with van der Waals surface area (Å²) in [6.07, 6.45) is 0.494. The van der Waals surface area contributed by atoms with Crippen molar-refractivity contribution >= 4 is 11.0 Å². The lowest BCUT2D eigenvalue weighted by Gasteiger charge is -2.15. The van der Waals surface area contributed by atoms with Crippen LogP contribution in [0.3, 0.4) is 0 Å². The number of imidazole rings is 1. The van der Waals surface area contributed by atoms with Crippen LogP contribution in [-0.2, 0) is 9.47 Å². The molecule has 112 valence electrons. The van der Waals surface area contributed by atoms with Crippen molar-refractivity contribution in [2.24, 2.45) is 0 Å². The molecule has 2 aliphatic heterocycles. The topological polar surface area (TPSA) is 56.4 Å². The third kappa shape index (κ3) is 1.99. The Balaban J connectivity index is 1.64. The molecule has 2 aromatic rings. The van der Waals surface area contributed by atoms with Crippen LogP contribution < -0.4 is 4.74 Å². The number of halogens is 2. The number of nitrogens with zero attached hydrogens (tertiary/aromatic N) is 1. The average Bonchev–Trinajstić information content (AvgIpc) is 3.13. The van der Waals surface area contributed by atoms with Gasteiger partial charge in [-0.2, -0.15) is 4.98 Å². The Labute approximate surface area is 119 Å². The van der Waals surface area contributed by atoms with Gasteiger partial charge < -0.3 is 19.2 Å². The molecular formula is C14H14F2N2O3. The third-order valence-electron chi connectivity index (χ3n) is 4.06. The summed E-state index contributed by atoms with van der Waals surface area (Å²) >= 11 is 0. The van der Waals surface area contributed by atoms with Crippen LogP contribution >= 0.6 is 0 Å². The Morgan fingerprint density at radius 3 is 3.10 bits per heavy atom. The minimum Gasteiger partial charge on any atom is -0.456 e. The molecule has 5 nitrogen and oxygen atoms in total. The first-order chi connectivity index (χ1) is 10.1. The molecule has 4 rings (SSSR count). The highest BCUT2D eigenvalue weighted by molar-refractivity contribution is 5.77. The minimum atomic E-state index is -0.672. The molecule has 1 aromatic carbocycles. The van der Waals surface area contributed by atoms with Crippen molar-refractivity contribution in [3.63, 3.8) is 0 Å². The molecule has 3 heterocycles. The van der Waals surface area contributed by atoms with Gasteiger partial charge in [-0.15, -0.1) is 0 Å². The van der Waals surface area contributed by atoms with Gasteiger partial charge in [0.2, 0.25) is 0 Å². The smallest absolute Gasteiger partial charge is 0.295 e. The van der Waals surface area contributed by atoms with E-state index in [0.29, 0.717) is 13.2 Å². The first-order valence-electron chi connectivity index (χ1n) is 6.87. The maximum atomic E-state index is 14.0. The number of H-pyrrole nitrogens is 1. The third-order valence-corrected chi connectivity index (χ3v) is 4.06. The lowest BCUT2D eigenvalue weighted by Crippen LogP contribution is -2.32. The number of ether oxygens (including phenoxy) is 3. The van der Waals surface area contributed by atoms with E-state index in [1.807, 2.05) is 0 Å². The molecule has 2 saturated heterocycles. The maximum absolute atomic E-state index is 14.0. The number of aromatic nitrogens is 2. The van der Waals surface area contributed by atoms with E-state index in [1.54, 1.807) is 0 Å². The molecule has 0 spiro atoms. The van der Waals surface area contributed by atoms with Gasteiger partial charge in [0.1, 0.15) is 17.4 Å². The predicted molar refractivity (Wildman–Crippen MR) is 69.3 cm³/mol. The summed E-state index contributed by atoms with van der Waals surface area (Å²) in [5, 5.41) is 0. The van der Waals surface area contributed by atoms with Crippen molar-refractivity contribution < 1.29 is 23.0 Å². The van der Waals surface area contributed by atoms with E-state index in [-0.39, 0.29) is 40.9 Å². The average molecular weight is 296 g/mol. The summed E-state index contributed by atoms with van der Waals surface area (Å²) in [5.41, 5.74) is 0.295. The summed E-state index contributed by atoms with van der Waals surface area (Å²) < 4.78 is 44.4. The molecule has 21 heavy (non-hydrogen) atoms. The van der Waals surface area contributed by atoms with Gasteiger partial charge in [0.25, 0.3) is 6.01 Å². The molecule has 0 aliphatic carbocycles. The Hall–Kier alpha value is -1.73. The molecule has 2 aliphatic rings. The molecule has 0 unspecified atom stereocenters. The SMILES string of the molecule is Cc1c(F)cc2[nH]c(O[C@H]3CO[C@H]4CCO[C@H]43)nc2c1F. The zero-order chi connectivity index (χ0) is 14.6. The van der Waals surface area contributed by atoms with Crippen molar-refractivity contribution in [3.8, 4) is 6.01 Å². The Bertz CT molecular complexity index is 703. The van der Waals surface area contributed by atoms with Crippen molar-refractivity contribution in [3.05, 3.63) is 23.3 Å². The van der Waals surface area contributed by atoms with E-state index in [1.165, 1.54) is 13.0 Å². The summed E-state index contributed by atoms with van der Waals surface area (Å²) in [7, 11) is 0. The van der Waals surface area contributed by atoms with Crippen LogP contribution in [0, 0.1) is 18.6 Å². The van der Waals surface area contributed by atoms with Crippen LogP contribution in [0.5, 0.6) is 6.01 Å². The first-order valence-corrected chi connectivity index (χ1v) is 6.87. The zero-order valence-electron chi connectivity index (χ0n) is 11.4. The molecule has 0 amide bonds. The van der Waals surface area contributed by atoms with Crippen LogP contribution in [0.4, 0.5) is 8.78 Å². The molecule has 2 fully saturated rings. The zero-order valence-corrected chi connectivity index (χ0v) is 11.4. The fourth-order valence-electron chi connectivity index (χ4n) is 2.88. The Morgan fingerprint density at radius 2 is 2.24 bits per heavy atom. The lowest BCUT2D eigenvalue weighted by atomic mass is 10.1. The van der Waals surface area contributed by atoms with E-state index < -0.39 is 11.6 Å². The second-order valence-corrected chi connectivity index (χ2v) is 5.39. The van der Waals surface area contributed by atoms with Gasteiger partial charge in [-0.3, -0.25) is 0 Å². The van der Waals surface area contributed by atoms with Gasteiger partial charge in [0.05, 0.1) is 18.2 Å². The van der Waals surface area contributed by atoms with Gasteiger partial charge in [0.15, 0.2) is 11.9 Å². The molecule has 0 radical (unpaired) electrons. The highest BCUT2D eigenvalue weighted by Gasteiger charge is 2.43. The van der Waals surface area contributed by atoms with E-state index in [0.717, 1.165) is 6.42 Å². The number of benzene rings is 1. The number of aromatic amines is 1. The van der Waals surface area contributed by atoms with Gasteiger partial charge in [-0.1, -0.05) is 0 Å². The second kappa shape index (κ2) is 4.64. The highest BCUT2D eigenvalue weighted by Crippen LogP contribution is 2.30. The largest absolute Gasteiger partial charge is 0.456 e. The number of nitrogens with one attached hydrogen (secondary N) is 1. The number of rotatable bonds is 2. The Kier molecular flexibility index (Phi) is 2.87. The number of fused-ring (bicyclic) bond motifs is 2. The van der Waals surface area contributed by atoms with Crippen molar-refractivity contribution in [1.29, 1.82) is 0 Å². The highest BCUT2D eigenvalue weighted by atomic mass is 19.1. The van der Waals surface area contributed by atoms with Gasteiger partial charge >= 0.3 is 0 Å². The molecule has 1 aromatic heterocycles. The van der Waals surface area contributed by atoms with Crippen LogP contribution in [0.2, 0.25) is 0 Å². The fraction of sp³-hybridized carbons (Fsp3) is 0.500. The molecule has 0 saturated carbocycles. The summed E-state index contributed by atoms with van der Waals surface area (Å²) in [6, 6.07) is 1.37. The van der Waals surface area contributed by atoms with Gasteiger partial charge in [-0.25, -0.2) is 8.78 Å². The van der Waals surface area contributed by atoms with Crippen LogP contribution in [0.15, 0.2) is 6.07 Å². The van der Waals surface area contributed by atoms with Gasteiger partial charge in [0, 0.05) is 18.2 Å². The summed E-state index contributed by atoms with van der Waals surface area (Å²) in [6.45, 7) is 2.43. The van der Waals surface area contributed by atoms with E-state index in [4.69, 9.17) is 14.2 Å². The van der Waals surface area contributed by atoms with E-state index in [9.17, 15) is 8.78 Å². The summed E-state index contributed by atoms with van der Waals surface area (Å²) in [4.78, 5) is 6.85. The fourth-order valence-corrected chi connectivity index (χ4v) is 2.88. The van der Waals surface area contributed by atoms with Gasteiger partial charge in [-0.05, 0) is 13.3 Å². The second-order valence-electron chi connectivity index (χ2n) is 5.39. The van der Waals surface area contributed by atoms with Crippen LogP contribution in [0.25, 0.3) is 11.0 Å². The molecule has 1 N–H and O–H groups in total. The standard InChI is InChI=1S/C14H14F2N2O3/c1-6-7(15)4-8-12(11(6)16)18-14(17-8)21-10-5-20-9-2-3-19-13(9)10/h4,9-10,13H,2-3,5H2,1H3,(H,17,18)/t9-,10-,13+/m0/s1. The molecule has 0 bridgehead atoms. The number of hydrogen-bond donors (Lipinski definition) is 1. The van der Waals surface area contributed by atoms with Crippen molar-refractivity contribution in [2.45, 2.75) is 31.7 Å². The van der Waals surface area contributed by atoms with Crippen molar-refractivity contribution in [1.82, 2.24) is 9.97 Å². The molecule has 7 heteroatoms. The predicted octanol–water partition coefficient (Wildman–Crippen LogP) is 2.08. The van der Waals surface area contributed by atoms with E-state index >= 15 is 0 Å². The number of hydrogen-bond acceptors (Lipinski definition) is 4. The lowest BCUT2D eigenvalue weighted by molar-refractivity contribution is 0.0273. The van der Waals surface area contributed by atoms with Crippen LogP contribution in [-0.4, -0.2) is 41.5 Å². The molecule has 3 atom stereocenters. The van der Waals surface area contributed by atoms with E-state index in [2.05, 4.69) is 9.97 Å². The molecular weight excluding hydrogens is 282 g/mol. The van der Waals surface area contributed by atoms with Crippen LogP contribution in [0.1, 0.15) is 12.0 Å². The Morgan fingerprint density at radius 1 is 1.38 bits per heavy atom. The minimum absolute atomic E-state index is 0.0517. The summed E-state index contributed by atoms with van der Waals surface area (Å²) in [5.74, 6) is -1.28. The normalized spacial score (nSPS) is 28.2. The quantitative estimate of drug-likeness (QED) is 0.922. The first kappa shape index (κ1) is 13.0. The maximum Gasteiger partial charge on any atom is 0.295 e.